The molecule has 0 aliphatic rings. The quantitative estimate of drug-likeness (QED) is 0.825. The van der Waals surface area contributed by atoms with E-state index in [1.807, 2.05) is 19.1 Å². The fourth-order valence-corrected chi connectivity index (χ4v) is 2.36. The van der Waals surface area contributed by atoms with Crippen molar-refractivity contribution in [3.8, 4) is 0 Å². The molecule has 6 heteroatoms. The minimum atomic E-state index is 0.158. The highest BCUT2D eigenvalue weighted by molar-refractivity contribution is 9.10. The molecule has 0 bridgehead atoms. The van der Waals surface area contributed by atoms with Crippen LogP contribution in [0.5, 0.6) is 0 Å². The monoisotopic (exact) mass is 336 g/mol. The smallest absolute Gasteiger partial charge is 0.171 e. The van der Waals surface area contributed by atoms with Crippen molar-refractivity contribution in [3.05, 3.63) is 27.7 Å². The van der Waals surface area contributed by atoms with Crippen LogP contribution in [-0.2, 0) is 4.74 Å². The van der Waals surface area contributed by atoms with Gasteiger partial charge in [-0.1, -0.05) is 11.6 Å². The Kier molecular flexibility index (Phi) is 6.19. The van der Waals surface area contributed by atoms with E-state index in [1.54, 1.807) is 13.2 Å². The molecule has 1 aromatic carbocycles. The summed E-state index contributed by atoms with van der Waals surface area (Å²) in [5.74, 6) is 0. The highest BCUT2D eigenvalue weighted by Gasteiger charge is 2.06. The SMILES string of the molecule is COCC(C)NC(=S)Nc1ccc(Cl)cc1Br. The number of anilines is 1. The lowest BCUT2D eigenvalue weighted by molar-refractivity contribution is 0.179. The van der Waals surface area contributed by atoms with E-state index in [9.17, 15) is 0 Å². The fourth-order valence-electron chi connectivity index (χ4n) is 1.26. The van der Waals surface area contributed by atoms with E-state index in [-0.39, 0.29) is 6.04 Å². The molecule has 0 aromatic heterocycles. The molecule has 17 heavy (non-hydrogen) atoms. The molecule has 1 rings (SSSR count). The van der Waals surface area contributed by atoms with Crippen LogP contribution in [0.15, 0.2) is 22.7 Å². The van der Waals surface area contributed by atoms with Gasteiger partial charge >= 0.3 is 0 Å². The molecule has 1 aromatic rings. The molecule has 0 aliphatic carbocycles. The molecule has 1 atom stereocenters. The van der Waals surface area contributed by atoms with Crippen LogP contribution in [0.3, 0.4) is 0 Å². The standard InChI is InChI=1S/C11H14BrClN2OS/c1-7(6-16-2)14-11(17)15-10-4-3-8(13)5-9(10)12/h3-5,7H,6H2,1-2H3,(H2,14,15,17). The van der Waals surface area contributed by atoms with Crippen LogP contribution in [0.25, 0.3) is 0 Å². The first-order chi connectivity index (χ1) is 8.02. The van der Waals surface area contributed by atoms with Crippen molar-refractivity contribution in [2.24, 2.45) is 0 Å². The van der Waals surface area contributed by atoms with Gasteiger partial charge in [-0.3, -0.25) is 0 Å². The Morgan fingerprint density at radius 1 is 1.59 bits per heavy atom. The molecule has 1 unspecified atom stereocenters. The first kappa shape index (κ1) is 14.7. The third-order valence-electron chi connectivity index (χ3n) is 1.97. The zero-order valence-corrected chi connectivity index (χ0v) is 12.7. The number of rotatable bonds is 4. The van der Waals surface area contributed by atoms with Crippen molar-refractivity contribution < 1.29 is 4.74 Å². The second-order valence-corrected chi connectivity index (χ2v) is 5.28. The van der Waals surface area contributed by atoms with Crippen LogP contribution < -0.4 is 10.6 Å². The summed E-state index contributed by atoms with van der Waals surface area (Å²) in [6.07, 6.45) is 0. The van der Waals surface area contributed by atoms with Gasteiger partial charge in [-0.2, -0.15) is 0 Å². The Hall–Kier alpha value is -0.360. The van der Waals surface area contributed by atoms with E-state index >= 15 is 0 Å². The van der Waals surface area contributed by atoms with Crippen molar-refractivity contribution >= 4 is 50.5 Å². The van der Waals surface area contributed by atoms with Crippen LogP contribution >= 0.6 is 39.7 Å². The normalized spacial score (nSPS) is 12.0. The van der Waals surface area contributed by atoms with Crippen molar-refractivity contribution in [2.45, 2.75) is 13.0 Å². The molecule has 0 radical (unpaired) electrons. The van der Waals surface area contributed by atoms with Crippen molar-refractivity contribution in [3.63, 3.8) is 0 Å². The molecule has 0 spiro atoms. The number of hydrogen-bond acceptors (Lipinski definition) is 2. The predicted octanol–water partition coefficient (Wildman–Crippen LogP) is 3.42. The third kappa shape index (κ3) is 5.21. The Morgan fingerprint density at radius 2 is 2.29 bits per heavy atom. The molecular formula is C11H14BrClN2OS. The molecule has 0 fully saturated rings. The summed E-state index contributed by atoms with van der Waals surface area (Å²) >= 11 is 14.5. The fraction of sp³-hybridized carbons (Fsp3) is 0.364. The van der Waals surface area contributed by atoms with E-state index in [1.165, 1.54) is 0 Å². The number of nitrogens with one attached hydrogen (secondary N) is 2. The third-order valence-corrected chi connectivity index (χ3v) is 3.08. The molecule has 2 N–H and O–H groups in total. The molecule has 0 saturated heterocycles. The van der Waals surface area contributed by atoms with Crippen LogP contribution in [0, 0.1) is 0 Å². The first-order valence-electron chi connectivity index (χ1n) is 5.04. The molecule has 0 aliphatic heterocycles. The first-order valence-corrected chi connectivity index (χ1v) is 6.62. The average molecular weight is 338 g/mol. The minimum Gasteiger partial charge on any atom is -0.383 e. The van der Waals surface area contributed by atoms with E-state index in [2.05, 4.69) is 26.6 Å². The lowest BCUT2D eigenvalue weighted by atomic mass is 10.3. The summed E-state index contributed by atoms with van der Waals surface area (Å²) in [5, 5.41) is 7.43. The Morgan fingerprint density at radius 3 is 2.88 bits per heavy atom. The number of hydrogen-bond donors (Lipinski definition) is 2. The molecular weight excluding hydrogens is 324 g/mol. The number of halogens is 2. The Labute approximate surface area is 120 Å². The second kappa shape index (κ2) is 7.16. The maximum atomic E-state index is 5.86. The minimum absolute atomic E-state index is 0.158. The summed E-state index contributed by atoms with van der Waals surface area (Å²) in [4.78, 5) is 0. The molecule has 0 heterocycles. The van der Waals surface area contributed by atoms with Crippen molar-refractivity contribution in [1.29, 1.82) is 0 Å². The molecule has 94 valence electrons. The largest absolute Gasteiger partial charge is 0.383 e. The second-order valence-electron chi connectivity index (χ2n) is 3.58. The Bertz CT molecular complexity index is 403. The van der Waals surface area contributed by atoms with E-state index in [0.29, 0.717) is 16.7 Å². The summed E-state index contributed by atoms with van der Waals surface area (Å²) in [5.41, 5.74) is 0.872. The lowest BCUT2D eigenvalue weighted by Crippen LogP contribution is -2.38. The van der Waals surface area contributed by atoms with Crippen molar-refractivity contribution in [1.82, 2.24) is 5.32 Å². The van der Waals surface area contributed by atoms with Crippen LogP contribution in [0.4, 0.5) is 5.69 Å². The van der Waals surface area contributed by atoms with Crippen molar-refractivity contribution in [2.75, 3.05) is 19.0 Å². The van der Waals surface area contributed by atoms with Gasteiger partial charge in [0.1, 0.15) is 0 Å². The van der Waals surface area contributed by atoms with E-state index < -0.39 is 0 Å². The molecule has 0 amide bonds. The maximum Gasteiger partial charge on any atom is 0.171 e. The topological polar surface area (TPSA) is 33.3 Å². The van der Waals surface area contributed by atoms with Gasteiger partial charge in [0, 0.05) is 22.6 Å². The molecule has 3 nitrogen and oxygen atoms in total. The summed E-state index contributed by atoms with van der Waals surface area (Å²) in [6.45, 7) is 2.60. The van der Waals surface area contributed by atoms with Crippen LogP contribution in [0.1, 0.15) is 6.92 Å². The van der Waals surface area contributed by atoms with Gasteiger partial charge in [0.15, 0.2) is 5.11 Å². The van der Waals surface area contributed by atoms with Gasteiger partial charge in [-0.15, -0.1) is 0 Å². The number of benzene rings is 1. The lowest BCUT2D eigenvalue weighted by Gasteiger charge is -2.16. The average Bonchev–Trinajstić information content (AvgIpc) is 2.22. The highest BCUT2D eigenvalue weighted by Crippen LogP contribution is 2.25. The predicted molar refractivity (Wildman–Crippen MR) is 79.8 cm³/mol. The Balaban J connectivity index is 2.56. The van der Waals surface area contributed by atoms with Gasteiger partial charge < -0.3 is 15.4 Å². The van der Waals surface area contributed by atoms with Gasteiger partial charge in [0.05, 0.1) is 12.3 Å². The summed E-state index contributed by atoms with van der Waals surface area (Å²) in [7, 11) is 1.66. The maximum absolute atomic E-state index is 5.86. The van der Waals surface area contributed by atoms with Gasteiger partial charge in [-0.05, 0) is 53.3 Å². The summed E-state index contributed by atoms with van der Waals surface area (Å²) in [6, 6.07) is 5.63. The van der Waals surface area contributed by atoms with E-state index in [0.717, 1.165) is 10.2 Å². The number of ether oxygens (including phenoxy) is 1. The number of thiocarbonyl (C=S) groups is 1. The van der Waals surface area contributed by atoms with Gasteiger partial charge in [0.2, 0.25) is 0 Å². The zero-order valence-electron chi connectivity index (χ0n) is 9.59. The van der Waals surface area contributed by atoms with E-state index in [4.69, 9.17) is 28.6 Å². The van der Waals surface area contributed by atoms with Crippen LogP contribution in [-0.4, -0.2) is 24.9 Å². The molecule has 0 saturated carbocycles. The van der Waals surface area contributed by atoms with Crippen LogP contribution in [0.2, 0.25) is 5.02 Å². The highest BCUT2D eigenvalue weighted by atomic mass is 79.9. The zero-order chi connectivity index (χ0) is 12.8. The van der Waals surface area contributed by atoms with Gasteiger partial charge in [-0.25, -0.2) is 0 Å². The number of methoxy groups -OCH3 is 1. The summed E-state index contributed by atoms with van der Waals surface area (Å²) < 4.78 is 5.89. The van der Waals surface area contributed by atoms with Gasteiger partial charge in [0.25, 0.3) is 0 Å².